The zero-order valence-corrected chi connectivity index (χ0v) is 12.5. The van der Waals surface area contributed by atoms with Gasteiger partial charge in [-0.2, -0.15) is 0 Å². The van der Waals surface area contributed by atoms with Crippen LogP contribution >= 0.6 is 15.9 Å². The Labute approximate surface area is 129 Å². The van der Waals surface area contributed by atoms with Gasteiger partial charge in [0.2, 0.25) is 0 Å². The van der Waals surface area contributed by atoms with Crippen LogP contribution in [0.1, 0.15) is 5.56 Å². The molecule has 0 radical (unpaired) electrons. The van der Waals surface area contributed by atoms with E-state index in [2.05, 4.69) is 26.2 Å². The molecule has 0 fully saturated rings. The van der Waals surface area contributed by atoms with Gasteiger partial charge in [0, 0.05) is 22.6 Å². The molecule has 1 aromatic heterocycles. The molecule has 5 heteroatoms. The van der Waals surface area contributed by atoms with Crippen LogP contribution in [0.2, 0.25) is 0 Å². The van der Waals surface area contributed by atoms with Crippen molar-refractivity contribution in [2.24, 2.45) is 0 Å². The molecule has 0 spiro atoms. The number of nitrogens with zero attached hydrogens (tertiary/aromatic N) is 1. The third-order valence-corrected chi connectivity index (χ3v) is 3.89. The van der Waals surface area contributed by atoms with Crippen molar-refractivity contribution < 1.29 is 8.78 Å². The van der Waals surface area contributed by atoms with Gasteiger partial charge in [0.05, 0.1) is 11.2 Å². The summed E-state index contributed by atoms with van der Waals surface area (Å²) >= 11 is 3.48. The molecule has 0 atom stereocenters. The minimum atomic E-state index is -0.481. The van der Waals surface area contributed by atoms with Crippen LogP contribution in [0.4, 0.5) is 14.5 Å². The molecule has 1 heterocycles. The van der Waals surface area contributed by atoms with E-state index in [1.165, 1.54) is 0 Å². The number of aromatic nitrogens is 1. The van der Waals surface area contributed by atoms with Crippen molar-refractivity contribution >= 4 is 32.5 Å². The molecule has 0 amide bonds. The van der Waals surface area contributed by atoms with Crippen LogP contribution in [-0.4, -0.2) is 4.98 Å². The predicted molar refractivity (Wildman–Crippen MR) is 83.1 cm³/mol. The fourth-order valence-electron chi connectivity index (χ4n) is 2.16. The summed E-state index contributed by atoms with van der Waals surface area (Å²) in [5.41, 5.74) is 1.88. The molecule has 0 unspecified atom stereocenters. The van der Waals surface area contributed by atoms with Gasteiger partial charge in [-0.25, -0.2) is 8.78 Å². The second kappa shape index (κ2) is 5.77. The van der Waals surface area contributed by atoms with Crippen LogP contribution < -0.4 is 5.32 Å². The van der Waals surface area contributed by atoms with Gasteiger partial charge in [-0.05, 0) is 35.9 Å². The summed E-state index contributed by atoms with van der Waals surface area (Å²) < 4.78 is 27.7. The number of halogens is 3. The number of pyridine rings is 1. The van der Waals surface area contributed by atoms with E-state index in [9.17, 15) is 8.78 Å². The first-order chi connectivity index (χ1) is 10.1. The second-order valence-corrected chi connectivity index (χ2v) is 5.44. The van der Waals surface area contributed by atoms with E-state index in [4.69, 9.17) is 0 Å². The summed E-state index contributed by atoms with van der Waals surface area (Å²) in [4.78, 5) is 4.36. The highest BCUT2D eigenvalue weighted by atomic mass is 79.9. The molecule has 106 valence electrons. The van der Waals surface area contributed by atoms with Crippen molar-refractivity contribution in [3.8, 4) is 0 Å². The quantitative estimate of drug-likeness (QED) is 0.728. The summed E-state index contributed by atoms with van der Waals surface area (Å²) in [7, 11) is 0. The summed E-state index contributed by atoms with van der Waals surface area (Å²) in [5, 5.41) is 3.89. The van der Waals surface area contributed by atoms with Crippen LogP contribution in [0.25, 0.3) is 10.9 Å². The standard InChI is InChI=1S/C16H11BrF2N2/c17-13-5-3-10(16-12(13)2-1-7-20-16)9-21-15-8-11(18)4-6-14(15)19/h1-8,21H,9H2. The molecule has 0 aliphatic heterocycles. The summed E-state index contributed by atoms with van der Waals surface area (Å²) in [5.74, 6) is -0.955. The lowest BCUT2D eigenvalue weighted by molar-refractivity contribution is 0.602. The highest BCUT2D eigenvalue weighted by Gasteiger charge is 2.07. The largest absolute Gasteiger partial charge is 0.378 e. The Balaban J connectivity index is 1.92. The highest BCUT2D eigenvalue weighted by Crippen LogP contribution is 2.26. The third-order valence-electron chi connectivity index (χ3n) is 3.20. The molecule has 1 N–H and O–H groups in total. The molecular formula is C16H11BrF2N2. The average Bonchev–Trinajstić information content (AvgIpc) is 2.50. The average molecular weight is 349 g/mol. The zero-order valence-electron chi connectivity index (χ0n) is 10.9. The molecule has 2 nitrogen and oxygen atoms in total. The summed E-state index contributed by atoms with van der Waals surface area (Å²) in [6.07, 6.45) is 1.71. The molecule has 21 heavy (non-hydrogen) atoms. The Morgan fingerprint density at radius 1 is 1.10 bits per heavy atom. The SMILES string of the molecule is Fc1ccc(F)c(NCc2ccc(Br)c3cccnc23)c1. The maximum absolute atomic E-state index is 13.6. The third kappa shape index (κ3) is 2.88. The molecule has 0 aliphatic rings. The minimum absolute atomic E-state index is 0.141. The Kier molecular flexibility index (Phi) is 3.84. The highest BCUT2D eigenvalue weighted by molar-refractivity contribution is 9.10. The van der Waals surface area contributed by atoms with E-state index >= 15 is 0 Å². The number of hydrogen-bond donors (Lipinski definition) is 1. The van der Waals surface area contributed by atoms with Gasteiger partial charge in [-0.15, -0.1) is 0 Å². The number of hydrogen-bond acceptors (Lipinski definition) is 2. The molecule has 0 bridgehead atoms. The van der Waals surface area contributed by atoms with Crippen molar-refractivity contribution in [3.05, 3.63) is 70.3 Å². The Hall–Kier alpha value is -2.01. The Morgan fingerprint density at radius 2 is 1.95 bits per heavy atom. The van der Waals surface area contributed by atoms with Crippen molar-refractivity contribution in [3.63, 3.8) is 0 Å². The number of nitrogens with one attached hydrogen (secondary N) is 1. The minimum Gasteiger partial charge on any atom is -0.378 e. The van der Waals surface area contributed by atoms with Crippen molar-refractivity contribution in [2.45, 2.75) is 6.54 Å². The van der Waals surface area contributed by atoms with Crippen LogP contribution in [0, 0.1) is 11.6 Å². The van der Waals surface area contributed by atoms with E-state index < -0.39 is 11.6 Å². The van der Waals surface area contributed by atoms with E-state index in [1.54, 1.807) is 6.20 Å². The number of benzene rings is 2. The molecular weight excluding hydrogens is 338 g/mol. The molecule has 2 aromatic carbocycles. The van der Waals surface area contributed by atoms with E-state index in [0.29, 0.717) is 6.54 Å². The zero-order chi connectivity index (χ0) is 14.8. The Bertz CT molecular complexity index is 805. The van der Waals surface area contributed by atoms with Crippen LogP contribution in [-0.2, 0) is 6.54 Å². The van der Waals surface area contributed by atoms with E-state index in [1.807, 2.05) is 24.3 Å². The maximum atomic E-state index is 13.6. The molecule has 3 aromatic rings. The second-order valence-electron chi connectivity index (χ2n) is 4.58. The smallest absolute Gasteiger partial charge is 0.146 e. The van der Waals surface area contributed by atoms with Gasteiger partial charge in [-0.3, -0.25) is 4.98 Å². The maximum Gasteiger partial charge on any atom is 0.146 e. The summed E-state index contributed by atoms with van der Waals surface area (Å²) in [6.45, 7) is 0.362. The number of rotatable bonds is 3. The van der Waals surface area contributed by atoms with Gasteiger partial charge in [0.25, 0.3) is 0 Å². The fraction of sp³-hybridized carbons (Fsp3) is 0.0625. The monoisotopic (exact) mass is 348 g/mol. The van der Waals surface area contributed by atoms with Crippen LogP contribution in [0.5, 0.6) is 0 Å². The van der Waals surface area contributed by atoms with Crippen LogP contribution in [0.3, 0.4) is 0 Å². The molecule has 0 saturated carbocycles. The Morgan fingerprint density at radius 3 is 2.81 bits per heavy atom. The molecule has 3 rings (SSSR count). The lowest BCUT2D eigenvalue weighted by atomic mass is 10.1. The first-order valence-electron chi connectivity index (χ1n) is 6.36. The lowest BCUT2D eigenvalue weighted by Gasteiger charge is -2.10. The first kappa shape index (κ1) is 13.9. The van der Waals surface area contributed by atoms with Crippen molar-refractivity contribution in [1.29, 1.82) is 0 Å². The van der Waals surface area contributed by atoms with Crippen LogP contribution in [0.15, 0.2) is 53.1 Å². The van der Waals surface area contributed by atoms with Gasteiger partial charge in [0.1, 0.15) is 11.6 Å². The van der Waals surface area contributed by atoms with Gasteiger partial charge in [-0.1, -0.05) is 28.1 Å². The normalized spacial score (nSPS) is 10.8. The van der Waals surface area contributed by atoms with E-state index in [0.717, 1.165) is 39.1 Å². The summed E-state index contributed by atoms with van der Waals surface area (Å²) in [6, 6.07) is 11.0. The lowest BCUT2D eigenvalue weighted by Crippen LogP contribution is -2.03. The van der Waals surface area contributed by atoms with Crippen molar-refractivity contribution in [1.82, 2.24) is 4.98 Å². The number of fused-ring (bicyclic) bond motifs is 1. The predicted octanol–water partition coefficient (Wildman–Crippen LogP) is 4.89. The molecule has 0 saturated heterocycles. The first-order valence-corrected chi connectivity index (χ1v) is 7.15. The number of anilines is 1. The van der Waals surface area contributed by atoms with Gasteiger partial charge in [0.15, 0.2) is 0 Å². The molecule has 0 aliphatic carbocycles. The van der Waals surface area contributed by atoms with Gasteiger partial charge < -0.3 is 5.32 Å². The van der Waals surface area contributed by atoms with E-state index in [-0.39, 0.29) is 5.69 Å². The van der Waals surface area contributed by atoms with Gasteiger partial charge >= 0.3 is 0 Å². The fourth-order valence-corrected chi connectivity index (χ4v) is 2.61. The van der Waals surface area contributed by atoms with Crippen molar-refractivity contribution in [2.75, 3.05) is 5.32 Å². The topological polar surface area (TPSA) is 24.9 Å².